The second-order valence-corrected chi connectivity index (χ2v) is 6.86. The molecule has 0 fully saturated rings. The fourth-order valence-electron chi connectivity index (χ4n) is 3.02. The van der Waals surface area contributed by atoms with Crippen LogP contribution >= 0.6 is 11.6 Å². The number of rotatable bonds is 6. The highest BCUT2D eigenvalue weighted by molar-refractivity contribution is 6.30. The van der Waals surface area contributed by atoms with Crippen molar-refractivity contribution in [3.8, 4) is 17.1 Å². The standard InChI is InChI=1S/C20H18ClN5O3/c1-2-29-15-9-7-14(8-10-15)22-17(27)11-16-19(28)24-20-23-18(25-26(16)20)12-3-5-13(21)6-4-12/h3-10,16H,2,11H2,1H3,(H,22,27)(H,23,24,25,28). The maximum atomic E-state index is 12.5. The average Bonchev–Trinajstić information content (AvgIpc) is 3.23. The molecule has 4 rings (SSSR count). The summed E-state index contributed by atoms with van der Waals surface area (Å²) >= 11 is 5.91. The molecule has 0 spiro atoms. The molecule has 2 N–H and O–H groups in total. The fraction of sp³-hybridized carbons (Fsp3) is 0.200. The first-order chi connectivity index (χ1) is 14.0. The van der Waals surface area contributed by atoms with E-state index in [4.69, 9.17) is 16.3 Å². The van der Waals surface area contributed by atoms with Gasteiger partial charge in [-0.3, -0.25) is 14.9 Å². The maximum absolute atomic E-state index is 12.5. The van der Waals surface area contributed by atoms with Gasteiger partial charge in [-0.1, -0.05) is 11.6 Å². The van der Waals surface area contributed by atoms with Crippen LogP contribution in [0.2, 0.25) is 5.02 Å². The molecule has 2 heterocycles. The molecule has 2 aromatic carbocycles. The van der Waals surface area contributed by atoms with Crippen LogP contribution in [0.3, 0.4) is 0 Å². The van der Waals surface area contributed by atoms with Gasteiger partial charge in [-0.15, -0.1) is 5.10 Å². The second-order valence-electron chi connectivity index (χ2n) is 6.43. The van der Waals surface area contributed by atoms with Crippen LogP contribution in [0.1, 0.15) is 19.4 Å². The van der Waals surface area contributed by atoms with Crippen LogP contribution in [0.15, 0.2) is 48.5 Å². The number of amides is 2. The molecule has 1 aromatic heterocycles. The van der Waals surface area contributed by atoms with Gasteiger partial charge in [0, 0.05) is 16.3 Å². The molecule has 0 radical (unpaired) electrons. The summed E-state index contributed by atoms with van der Waals surface area (Å²) in [6.45, 7) is 2.47. The largest absolute Gasteiger partial charge is 0.494 e. The summed E-state index contributed by atoms with van der Waals surface area (Å²) in [4.78, 5) is 29.1. The fourth-order valence-corrected chi connectivity index (χ4v) is 3.15. The van der Waals surface area contributed by atoms with E-state index in [2.05, 4.69) is 20.7 Å². The van der Waals surface area contributed by atoms with E-state index in [1.54, 1.807) is 48.5 Å². The Labute approximate surface area is 171 Å². The molecule has 0 aliphatic carbocycles. The Balaban J connectivity index is 1.46. The van der Waals surface area contributed by atoms with Gasteiger partial charge in [0.15, 0.2) is 5.82 Å². The average molecular weight is 412 g/mol. The van der Waals surface area contributed by atoms with Gasteiger partial charge in [-0.2, -0.15) is 4.98 Å². The summed E-state index contributed by atoms with van der Waals surface area (Å²) in [6.07, 6.45) is -0.0601. The number of carbonyl (C=O) groups is 2. The lowest BCUT2D eigenvalue weighted by atomic mass is 10.2. The van der Waals surface area contributed by atoms with Gasteiger partial charge in [0.25, 0.3) is 5.91 Å². The number of nitrogens with zero attached hydrogens (tertiary/aromatic N) is 3. The Morgan fingerprint density at radius 1 is 1.21 bits per heavy atom. The van der Waals surface area contributed by atoms with Crippen molar-refractivity contribution in [2.75, 3.05) is 17.2 Å². The lowest BCUT2D eigenvalue weighted by molar-refractivity contribution is -0.123. The molecule has 0 saturated carbocycles. The van der Waals surface area contributed by atoms with Gasteiger partial charge in [0.05, 0.1) is 13.0 Å². The molecular formula is C20H18ClN5O3. The van der Waals surface area contributed by atoms with Crippen LogP contribution in [0.5, 0.6) is 5.75 Å². The van der Waals surface area contributed by atoms with Crippen molar-refractivity contribution < 1.29 is 14.3 Å². The van der Waals surface area contributed by atoms with E-state index in [1.807, 2.05) is 6.92 Å². The van der Waals surface area contributed by atoms with Gasteiger partial charge in [0.1, 0.15) is 11.8 Å². The lowest BCUT2D eigenvalue weighted by Crippen LogP contribution is -2.23. The zero-order valence-corrected chi connectivity index (χ0v) is 16.3. The van der Waals surface area contributed by atoms with Gasteiger partial charge in [0.2, 0.25) is 11.9 Å². The van der Waals surface area contributed by atoms with Crippen LogP contribution in [0.4, 0.5) is 11.6 Å². The number of ether oxygens (including phenoxy) is 1. The summed E-state index contributed by atoms with van der Waals surface area (Å²) in [5, 5.41) is 10.5. The molecule has 29 heavy (non-hydrogen) atoms. The lowest BCUT2D eigenvalue weighted by Gasteiger charge is -2.10. The monoisotopic (exact) mass is 411 g/mol. The minimum Gasteiger partial charge on any atom is -0.494 e. The second kappa shape index (κ2) is 7.92. The van der Waals surface area contributed by atoms with Crippen LogP contribution < -0.4 is 15.4 Å². The molecular weight excluding hydrogens is 394 g/mol. The first-order valence-corrected chi connectivity index (χ1v) is 9.47. The Morgan fingerprint density at radius 3 is 2.62 bits per heavy atom. The van der Waals surface area contributed by atoms with Crippen molar-refractivity contribution in [3.05, 3.63) is 53.6 Å². The van der Waals surface area contributed by atoms with E-state index >= 15 is 0 Å². The Morgan fingerprint density at radius 2 is 1.93 bits per heavy atom. The molecule has 0 saturated heterocycles. The van der Waals surface area contributed by atoms with E-state index in [-0.39, 0.29) is 18.2 Å². The summed E-state index contributed by atoms with van der Waals surface area (Å²) < 4.78 is 6.83. The summed E-state index contributed by atoms with van der Waals surface area (Å²) in [7, 11) is 0. The van der Waals surface area contributed by atoms with Crippen LogP contribution in [-0.4, -0.2) is 33.2 Å². The Hall–Kier alpha value is -3.39. The number of anilines is 2. The quantitative estimate of drug-likeness (QED) is 0.646. The van der Waals surface area contributed by atoms with Crippen molar-refractivity contribution in [1.82, 2.24) is 14.8 Å². The number of nitrogens with one attached hydrogen (secondary N) is 2. The van der Waals surface area contributed by atoms with Crippen molar-refractivity contribution in [1.29, 1.82) is 0 Å². The first-order valence-electron chi connectivity index (χ1n) is 9.09. The van der Waals surface area contributed by atoms with Crippen molar-refractivity contribution >= 4 is 35.1 Å². The minimum atomic E-state index is -0.763. The third-order valence-electron chi connectivity index (χ3n) is 4.39. The zero-order valence-electron chi connectivity index (χ0n) is 15.6. The molecule has 1 unspecified atom stereocenters. The van der Waals surface area contributed by atoms with Crippen LogP contribution in [0, 0.1) is 0 Å². The van der Waals surface area contributed by atoms with Crippen LogP contribution in [0.25, 0.3) is 11.4 Å². The van der Waals surface area contributed by atoms with Gasteiger partial charge in [-0.05, 0) is 55.5 Å². The molecule has 1 atom stereocenters. The van der Waals surface area contributed by atoms with E-state index in [1.165, 1.54) is 4.68 Å². The topological polar surface area (TPSA) is 98.1 Å². The number of aromatic nitrogens is 3. The van der Waals surface area contributed by atoms with Gasteiger partial charge >= 0.3 is 0 Å². The summed E-state index contributed by atoms with van der Waals surface area (Å²) in [6, 6.07) is 13.3. The van der Waals surface area contributed by atoms with Gasteiger partial charge in [-0.25, -0.2) is 4.68 Å². The number of fused-ring (bicyclic) bond motifs is 1. The third-order valence-corrected chi connectivity index (χ3v) is 4.65. The Kier molecular flexibility index (Phi) is 5.18. The predicted octanol–water partition coefficient (Wildman–Crippen LogP) is 3.52. The minimum absolute atomic E-state index is 0.0601. The molecule has 1 aliphatic rings. The molecule has 3 aromatic rings. The van der Waals surface area contributed by atoms with E-state index in [0.29, 0.717) is 29.1 Å². The molecule has 0 bridgehead atoms. The van der Waals surface area contributed by atoms with E-state index in [9.17, 15) is 9.59 Å². The maximum Gasteiger partial charge on any atom is 0.252 e. The third kappa shape index (κ3) is 4.07. The highest BCUT2D eigenvalue weighted by Crippen LogP contribution is 2.29. The highest BCUT2D eigenvalue weighted by Gasteiger charge is 2.35. The van der Waals surface area contributed by atoms with E-state index < -0.39 is 6.04 Å². The number of halogens is 1. The highest BCUT2D eigenvalue weighted by atomic mass is 35.5. The van der Waals surface area contributed by atoms with Crippen molar-refractivity contribution in [2.45, 2.75) is 19.4 Å². The predicted molar refractivity (Wildman–Crippen MR) is 109 cm³/mol. The van der Waals surface area contributed by atoms with E-state index in [0.717, 1.165) is 11.3 Å². The summed E-state index contributed by atoms with van der Waals surface area (Å²) in [5.41, 5.74) is 1.39. The number of carbonyl (C=O) groups excluding carboxylic acids is 2. The normalized spacial score (nSPS) is 15.0. The number of hydrogen-bond acceptors (Lipinski definition) is 5. The number of hydrogen-bond donors (Lipinski definition) is 2. The smallest absolute Gasteiger partial charge is 0.252 e. The summed E-state index contributed by atoms with van der Waals surface area (Å²) in [5.74, 6) is 0.880. The molecule has 9 heteroatoms. The molecule has 8 nitrogen and oxygen atoms in total. The molecule has 148 valence electrons. The molecule has 2 amide bonds. The van der Waals surface area contributed by atoms with Crippen molar-refractivity contribution in [3.63, 3.8) is 0 Å². The van der Waals surface area contributed by atoms with Crippen molar-refractivity contribution in [2.24, 2.45) is 0 Å². The Bertz CT molecular complexity index is 1050. The number of benzene rings is 2. The van der Waals surface area contributed by atoms with Crippen LogP contribution in [-0.2, 0) is 9.59 Å². The first kappa shape index (κ1) is 18.9. The zero-order chi connectivity index (χ0) is 20.4. The SMILES string of the molecule is CCOc1ccc(NC(=O)CC2C(=O)Nc3nc(-c4ccc(Cl)cc4)nn32)cc1. The van der Waals surface area contributed by atoms with Gasteiger partial charge < -0.3 is 10.1 Å². The molecule has 1 aliphatic heterocycles.